The maximum absolute atomic E-state index is 6.99. The van der Waals surface area contributed by atoms with E-state index in [0.717, 1.165) is 0 Å². The zero-order valence-corrected chi connectivity index (χ0v) is 63.3. The Kier molecular flexibility index (Phi) is 38.3. The first-order chi connectivity index (χ1) is 51.2. The highest BCUT2D eigenvalue weighted by Gasteiger charge is 2.63. The molecule has 0 aromatic carbocycles. The summed E-state index contributed by atoms with van der Waals surface area (Å²) in [5, 5.41) is 0. The van der Waals surface area contributed by atoms with E-state index in [1.807, 2.05) is 0 Å². The SMILES string of the molecule is COC[C@@H]1O[C@H]2O[C@@H]3[C@@H](OOC)[C@H](OC)[C@H](O[C@@H]4[C@@H](OOC)[C@H](OC)[C@H](O[C@@H]5[C@@H](OOC)[C@H](OC)[C@H](O[C@@H]6[C@@H](OOC)[C@H](OC)[C@H](O[C@@H]7[C@@H](OOC)[C@H](OC)[C@H](O[C@@H]8[C@@H](OOC)[C@H](OC)[C@H](O[C@@H]1[C@@H](OOC)[C@@H]2OC)O[C@H]8COC)O[C@H]7COC)O[C@H]6COC)O[C@H]5COC)O[C@H]4COC)O[C@H]3COC. The Morgan fingerprint density at radius 2 is 0.267 bits per heavy atom. The maximum atomic E-state index is 6.99. The molecule has 0 radical (unpaired) electrons. The van der Waals surface area contributed by atoms with Gasteiger partial charge < -0.3 is 133 Å². The average Bonchev–Trinajstić information content (AvgIpc) is 0.778. The van der Waals surface area contributed by atoms with Gasteiger partial charge in [0.25, 0.3) is 0 Å². The van der Waals surface area contributed by atoms with E-state index in [4.69, 9.17) is 201 Å². The van der Waals surface area contributed by atoms with Crippen molar-refractivity contribution in [3.8, 4) is 0 Å². The summed E-state index contributed by atoms with van der Waals surface area (Å²) in [6.45, 7) is -1.17. The minimum Gasteiger partial charge on any atom is -0.382 e. The fourth-order valence-electron chi connectivity index (χ4n) is 14.5. The van der Waals surface area contributed by atoms with E-state index < -0.39 is 215 Å². The van der Waals surface area contributed by atoms with Crippen molar-refractivity contribution >= 4 is 0 Å². The first-order valence-electron chi connectivity index (χ1n) is 33.9. The molecule has 42 heteroatoms. The van der Waals surface area contributed by atoms with Crippen LogP contribution in [0.3, 0.4) is 0 Å². The lowest BCUT2D eigenvalue weighted by molar-refractivity contribution is -0.452. The molecule has 616 valence electrons. The first-order valence-corrected chi connectivity index (χ1v) is 33.9. The van der Waals surface area contributed by atoms with Crippen LogP contribution >= 0.6 is 0 Å². The van der Waals surface area contributed by atoms with Gasteiger partial charge in [-0.15, -0.1) is 0 Å². The van der Waals surface area contributed by atoms with E-state index >= 15 is 0 Å². The molecular weight excluding hydrogens is 1430 g/mol. The van der Waals surface area contributed by atoms with E-state index in [9.17, 15) is 0 Å². The van der Waals surface area contributed by atoms with Crippen molar-refractivity contribution in [3.05, 3.63) is 0 Å². The van der Waals surface area contributed by atoms with Gasteiger partial charge >= 0.3 is 0 Å². The second-order valence-corrected chi connectivity index (χ2v) is 24.7. The highest BCUT2D eigenvalue weighted by Crippen LogP contribution is 2.44. The van der Waals surface area contributed by atoms with E-state index in [-0.39, 0.29) is 46.2 Å². The van der Waals surface area contributed by atoms with Crippen molar-refractivity contribution in [3.63, 3.8) is 0 Å². The summed E-state index contributed by atoms with van der Waals surface area (Å²) >= 11 is 0. The number of hydrogen-bond donors (Lipinski definition) is 0. The van der Waals surface area contributed by atoms with Gasteiger partial charge in [-0.1, -0.05) is 0 Å². The molecule has 0 amide bonds. The van der Waals surface area contributed by atoms with E-state index in [2.05, 4.69) is 0 Å². The second-order valence-electron chi connectivity index (χ2n) is 24.7. The first kappa shape index (κ1) is 88.9. The lowest BCUT2D eigenvalue weighted by atomic mass is 9.94. The Hall–Kier alpha value is -1.68. The molecule has 14 bridgehead atoms. The summed E-state index contributed by atoms with van der Waals surface area (Å²) in [6.07, 6.45) is -43.8. The minimum atomic E-state index is -1.41. The maximum Gasteiger partial charge on any atom is 0.187 e. The summed E-state index contributed by atoms with van der Waals surface area (Å²) in [7, 11) is 29.1. The highest BCUT2D eigenvalue weighted by molar-refractivity contribution is 5.04. The van der Waals surface area contributed by atoms with Crippen LogP contribution in [0.25, 0.3) is 0 Å². The van der Waals surface area contributed by atoms with Gasteiger partial charge in [0.2, 0.25) is 0 Å². The lowest BCUT2D eigenvalue weighted by Gasteiger charge is -2.52. The Balaban J connectivity index is 1.28. The van der Waals surface area contributed by atoms with Crippen LogP contribution in [0, 0.1) is 0 Å². The van der Waals surface area contributed by atoms with Crippen LogP contribution in [0.15, 0.2) is 0 Å². The van der Waals surface area contributed by atoms with E-state index in [1.54, 1.807) is 0 Å². The largest absolute Gasteiger partial charge is 0.382 e. The number of hydrogen-bond acceptors (Lipinski definition) is 42. The van der Waals surface area contributed by atoms with Crippen LogP contribution in [0.4, 0.5) is 0 Å². The zero-order valence-electron chi connectivity index (χ0n) is 63.3. The lowest BCUT2D eigenvalue weighted by Crippen LogP contribution is -2.69. The summed E-state index contributed by atoms with van der Waals surface area (Å²) in [4.78, 5) is 80.9. The predicted octanol–water partition coefficient (Wildman–Crippen LogP) is -1.97. The third-order valence-corrected chi connectivity index (χ3v) is 18.9. The van der Waals surface area contributed by atoms with Crippen molar-refractivity contribution in [1.82, 2.24) is 0 Å². The standard InChI is InChI=1S/C63H112O42/c1-64-22-29-36-43(99-78-15)50(71-8)57(85-29)93-37-30(23-65-2)87-59(52(73-10)44(37)100-79-16)95-39-32(25-67-4)89-61(54(75-12)46(39)102-81-18)97-41-34(27-69-6)91-63(56(77-14)48(41)104-83-20)98-42-35(28-70-7)90-62(55(76-13)49(42)105-84-21)96-40-33(26-68-5)88-60(53(74-11)47(40)103-82-19)94-38-31(24-66-3)86-58(92-36)51(72-9)45(38)101-80-17/h29-63H,22-28H2,1-21H3/t29-,30-,31-,32-,33-,34-,35-,36-,37-,38-,39-,40-,41-,42-,43+,44+,45+,46+,47+,48+,49+,50-,51-,52-,53-,54-,55-,56-,57-,58-,59-,60-,61-,62-,63-/m0/s1. The molecule has 0 aliphatic carbocycles. The van der Waals surface area contributed by atoms with Crippen LogP contribution < -0.4 is 0 Å². The number of rotatable bonds is 35. The predicted molar refractivity (Wildman–Crippen MR) is 337 cm³/mol. The topological polar surface area (TPSA) is 388 Å². The zero-order chi connectivity index (χ0) is 75.9. The van der Waals surface area contributed by atoms with Gasteiger partial charge in [-0.3, -0.25) is 0 Å². The molecule has 21 rings (SSSR count). The van der Waals surface area contributed by atoms with Crippen molar-refractivity contribution in [2.24, 2.45) is 0 Å². The molecule has 0 saturated carbocycles. The normalized spacial score (nSPS) is 43.8. The van der Waals surface area contributed by atoms with Gasteiger partial charge in [-0.2, -0.15) is 0 Å². The van der Waals surface area contributed by atoms with Crippen LogP contribution in [0.2, 0.25) is 0 Å². The molecule has 21 saturated heterocycles. The molecule has 0 aromatic heterocycles. The van der Waals surface area contributed by atoms with Gasteiger partial charge in [0, 0.05) is 99.5 Å². The molecular formula is C63H112O42. The molecule has 35 atom stereocenters. The fourth-order valence-corrected chi connectivity index (χ4v) is 14.5. The van der Waals surface area contributed by atoms with Crippen LogP contribution in [-0.2, 0) is 201 Å². The van der Waals surface area contributed by atoms with Crippen molar-refractivity contribution < 1.29 is 201 Å². The summed E-state index contributed by atoms with van der Waals surface area (Å²) in [5.41, 5.74) is 0. The van der Waals surface area contributed by atoms with Crippen LogP contribution in [-0.4, -0.2) is 410 Å². The van der Waals surface area contributed by atoms with Gasteiger partial charge in [0.05, 0.1) is 96.0 Å². The van der Waals surface area contributed by atoms with Crippen molar-refractivity contribution in [2.75, 3.05) is 196 Å². The van der Waals surface area contributed by atoms with E-state index in [1.165, 1.54) is 149 Å². The average molecular weight is 1540 g/mol. The summed E-state index contributed by atoms with van der Waals surface area (Å²) in [6, 6.07) is 0. The second kappa shape index (κ2) is 45.3. The molecule has 21 heterocycles. The molecule has 21 aliphatic heterocycles. The summed E-state index contributed by atoms with van der Waals surface area (Å²) < 4.78 is 181. The van der Waals surface area contributed by atoms with Crippen LogP contribution in [0.1, 0.15) is 0 Å². The fraction of sp³-hybridized carbons (Fsp3) is 1.00. The Morgan fingerprint density at radius 3 is 0.352 bits per heavy atom. The quantitative estimate of drug-likeness (QED) is 0.0490. The van der Waals surface area contributed by atoms with Gasteiger partial charge in [-0.25, -0.2) is 68.4 Å². The third kappa shape index (κ3) is 20.8. The van der Waals surface area contributed by atoms with E-state index in [0.29, 0.717) is 0 Å². The molecule has 21 aliphatic rings. The molecule has 105 heavy (non-hydrogen) atoms. The van der Waals surface area contributed by atoms with Gasteiger partial charge in [0.1, 0.15) is 128 Å². The monoisotopic (exact) mass is 1540 g/mol. The third-order valence-electron chi connectivity index (χ3n) is 18.9. The molecule has 0 N–H and O–H groups in total. The number of methoxy groups -OCH3 is 14. The molecule has 0 aromatic rings. The molecule has 21 fully saturated rings. The number of ether oxygens (including phenoxy) is 28. The Labute approximate surface area is 610 Å². The smallest absolute Gasteiger partial charge is 0.187 e. The molecule has 0 spiro atoms. The van der Waals surface area contributed by atoms with Crippen molar-refractivity contribution in [2.45, 2.75) is 215 Å². The minimum absolute atomic E-state index is 0.168. The summed E-state index contributed by atoms with van der Waals surface area (Å²) in [5.74, 6) is 0. The van der Waals surface area contributed by atoms with Crippen molar-refractivity contribution in [1.29, 1.82) is 0 Å². The Bertz CT molecular complexity index is 1910. The van der Waals surface area contributed by atoms with Crippen LogP contribution in [0.5, 0.6) is 0 Å². The Morgan fingerprint density at radius 1 is 0.152 bits per heavy atom. The van der Waals surface area contributed by atoms with Gasteiger partial charge in [0.15, 0.2) is 86.8 Å². The highest BCUT2D eigenvalue weighted by atomic mass is 17.2. The molecule has 0 unspecified atom stereocenters. The van der Waals surface area contributed by atoms with Gasteiger partial charge in [-0.05, 0) is 0 Å². The molecule has 42 nitrogen and oxygen atoms in total.